The zero-order chi connectivity index (χ0) is 11.8. The van der Waals surface area contributed by atoms with Crippen molar-refractivity contribution in [3.63, 3.8) is 0 Å². The first-order valence-electron chi connectivity index (χ1n) is 7.17. The van der Waals surface area contributed by atoms with Gasteiger partial charge < -0.3 is 0 Å². The molecule has 0 nitrogen and oxygen atoms in total. The molecule has 1 aliphatic heterocycles. The summed E-state index contributed by atoms with van der Waals surface area (Å²) in [7, 11) is -0.466. The van der Waals surface area contributed by atoms with Crippen LogP contribution in [-0.2, 0) is 6.42 Å². The summed E-state index contributed by atoms with van der Waals surface area (Å²) in [6.07, 6.45) is 6.47. The number of rotatable bonds is 3. The Labute approximate surface area is 106 Å². The second-order valence-corrected chi connectivity index (χ2v) is 8.86. The Bertz CT molecular complexity index is 455. The Morgan fingerprint density at radius 1 is 1.18 bits per heavy atom. The standard InChI is InChI=1S/C16H22Si/c1-3-12-7-5-8-14-15(12)11-13(4-2)16(14)17-9-6-10-17/h5,7-8,11,16-17H,3-4,6,9-10H2,1-2H3. The Morgan fingerprint density at radius 3 is 2.59 bits per heavy atom. The van der Waals surface area contributed by atoms with Gasteiger partial charge in [0.1, 0.15) is 0 Å². The van der Waals surface area contributed by atoms with Gasteiger partial charge in [0.25, 0.3) is 0 Å². The first-order chi connectivity index (χ1) is 8.35. The van der Waals surface area contributed by atoms with Crippen molar-refractivity contribution in [3.8, 4) is 0 Å². The lowest BCUT2D eigenvalue weighted by Gasteiger charge is -2.32. The Morgan fingerprint density at radius 2 is 2.00 bits per heavy atom. The largest absolute Gasteiger partial charge is 0.0654 e. The van der Waals surface area contributed by atoms with Crippen LogP contribution in [0.5, 0.6) is 0 Å². The van der Waals surface area contributed by atoms with Gasteiger partial charge in [-0.25, -0.2) is 0 Å². The van der Waals surface area contributed by atoms with E-state index >= 15 is 0 Å². The number of aryl methyl sites for hydroxylation is 1. The molecular formula is C16H22Si. The maximum absolute atomic E-state index is 2.53. The summed E-state index contributed by atoms with van der Waals surface area (Å²) in [5.41, 5.74) is 7.49. The van der Waals surface area contributed by atoms with Gasteiger partial charge in [-0.2, -0.15) is 0 Å². The molecule has 2 aliphatic rings. The van der Waals surface area contributed by atoms with E-state index in [0.29, 0.717) is 0 Å². The Hall–Kier alpha value is -0.823. The van der Waals surface area contributed by atoms with Crippen LogP contribution >= 0.6 is 0 Å². The molecule has 1 aromatic rings. The predicted octanol–water partition coefficient (Wildman–Crippen LogP) is 4.31. The Balaban J connectivity index is 2.05. The lowest BCUT2D eigenvalue weighted by atomic mass is 10.0. The van der Waals surface area contributed by atoms with Crippen LogP contribution < -0.4 is 0 Å². The molecule has 1 heteroatoms. The van der Waals surface area contributed by atoms with Crippen molar-refractivity contribution >= 4 is 14.9 Å². The van der Waals surface area contributed by atoms with Crippen LogP contribution in [0.2, 0.25) is 12.1 Å². The van der Waals surface area contributed by atoms with Crippen LogP contribution in [0.25, 0.3) is 6.08 Å². The van der Waals surface area contributed by atoms with Crippen molar-refractivity contribution in [2.24, 2.45) is 0 Å². The quantitative estimate of drug-likeness (QED) is 0.693. The SMILES string of the molecule is CCC1=Cc2c(CC)cccc2C1[SiH]1CCC1. The summed E-state index contributed by atoms with van der Waals surface area (Å²) in [5, 5.41) is 0. The van der Waals surface area contributed by atoms with Gasteiger partial charge in [-0.3, -0.25) is 0 Å². The zero-order valence-corrected chi connectivity index (χ0v) is 12.2. The molecule has 1 heterocycles. The highest BCUT2D eigenvalue weighted by molar-refractivity contribution is 6.64. The van der Waals surface area contributed by atoms with Gasteiger partial charge in [0, 0.05) is 0 Å². The van der Waals surface area contributed by atoms with Crippen LogP contribution in [0.15, 0.2) is 23.8 Å². The number of benzene rings is 1. The fourth-order valence-electron chi connectivity index (χ4n) is 3.52. The average molecular weight is 242 g/mol. The number of hydrogen-bond donors (Lipinski definition) is 0. The highest BCUT2D eigenvalue weighted by atomic mass is 28.3. The normalized spacial score (nSPS) is 23.2. The maximum atomic E-state index is 2.53. The Kier molecular flexibility index (Phi) is 2.95. The van der Waals surface area contributed by atoms with Gasteiger partial charge in [0.2, 0.25) is 0 Å². The molecule has 1 atom stereocenters. The van der Waals surface area contributed by atoms with Crippen molar-refractivity contribution < 1.29 is 0 Å². The maximum Gasteiger partial charge on any atom is 0.0500 e. The molecule has 1 fully saturated rings. The van der Waals surface area contributed by atoms with Gasteiger partial charge in [0.15, 0.2) is 0 Å². The van der Waals surface area contributed by atoms with Crippen molar-refractivity contribution in [2.45, 2.75) is 50.7 Å². The molecule has 0 amide bonds. The molecule has 3 rings (SSSR count). The summed E-state index contributed by atoms with van der Waals surface area (Å²) in [6, 6.07) is 10.2. The highest BCUT2D eigenvalue weighted by Crippen LogP contribution is 2.46. The fraction of sp³-hybridized carbons (Fsp3) is 0.500. The number of hydrogen-bond acceptors (Lipinski definition) is 0. The highest BCUT2D eigenvalue weighted by Gasteiger charge is 2.35. The molecular weight excluding hydrogens is 220 g/mol. The molecule has 90 valence electrons. The molecule has 1 aliphatic carbocycles. The monoisotopic (exact) mass is 242 g/mol. The van der Waals surface area contributed by atoms with E-state index in [0.717, 1.165) is 5.54 Å². The van der Waals surface area contributed by atoms with Crippen LogP contribution in [0.3, 0.4) is 0 Å². The van der Waals surface area contributed by atoms with Gasteiger partial charge >= 0.3 is 0 Å². The zero-order valence-electron chi connectivity index (χ0n) is 11.0. The molecule has 0 aromatic heterocycles. The minimum atomic E-state index is -0.466. The summed E-state index contributed by atoms with van der Waals surface area (Å²) in [5.74, 6) is 0. The fourth-order valence-corrected chi connectivity index (χ4v) is 6.80. The smallest absolute Gasteiger partial charge is 0.0500 e. The van der Waals surface area contributed by atoms with Crippen molar-refractivity contribution in [1.29, 1.82) is 0 Å². The van der Waals surface area contributed by atoms with E-state index in [1.54, 1.807) is 34.4 Å². The molecule has 17 heavy (non-hydrogen) atoms. The minimum Gasteiger partial charge on any atom is -0.0654 e. The van der Waals surface area contributed by atoms with Crippen molar-refractivity contribution in [2.75, 3.05) is 0 Å². The third-order valence-electron chi connectivity index (χ3n) is 4.70. The molecule has 0 bridgehead atoms. The average Bonchev–Trinajstić information content (AvgIpc) is 2.66. The summed E-state index contributed by atoms with van der Waals surface area (Å²) in [4.78, 5) is 0. The molecule has 1 aromatic carbocycles. The third-order valence-corrected chi connectivity index (χ3v) is 8.73. The van der Waals surface area contributed by atoms with E-state index in [-0.39, 0.29) is 0 Å². The third kappa shape index (κ3) is 1.72. The molecule has 1 unspecified atom stereocenters. The minimum absolute atomic E-state index is 0.466. The molecule has 0 N–H and O–H groups in total. The summed E-state index contributed by atoms with van der Waals surface area (Å²) < 4.78 is 0. The summed E-state index contributed by atoms with van der Waals surface area (Å²) in [6.45, 7) is 4.62. The molecule has 0 saturated carbocycles. The lowest BCUT2D eigenvalue weighted by molar-refractivity contribution is 0.862. The van der Waals surface area contributed by atoms with E-state index in [1.165, 1.54) is 19.3 Å². The molecule has 0 radical (unpaired) electrons. The van der Waals surface area contributed by atoms with E-state index < -0.39 is 8.80 Å². The van der Waals surface area contributed by atoms with Gasteiger partial charge in [-0.05, 0) is 35.1 Å². The van der Waals surface area contributed by atoms with Gasteiger partial charge in [0.05, 0.1) is 8.80 Å². The first-order valence-corrected chi connectivity index (χ1v) is 9.47. The van der Waals surface area contributed by atoms with Crippen LogP contribution in [0.4, 0.5) is 0 Å². The van der Waals surface area contributed by atoms with E-state index in [2.05, 4.69) is 38.1 Å². The van der Waals surface area contributed by atoms with Crippen LogP contribution in [0.1, 0.15) is 48.9 Å². The number of fused-ring (bicyclic) bond motifs is 1. The molecule has 1 saturated heterocycles. The summed E-state index contributed by atoms with van der Waals surface area (Å²) >= 11 is 0. The van der Waals surface area contributed by atoms with Gasteiger partial charge in [-0.15, -0.1) is 0 Å². The van der Waals surface area contributed by atoms with Crippen molar-refractivity contribution in [3.05, 3.63) is 40.5 Å². The second-order valence-electron chi connectivity index (χ2n) is 5.52. The van der Waals surface area contributed by atoms with E-state index in [1.807, 2.05) is 0 Å². The van der Waals surface area contributed by atoms with Crippen molar-refractivity contribution in [1.82, 2.24) is 0 Å². The van der Waals surface area contributed by atoms with E-state index in [4.69, 9.17) is 0 Å². The number of allylic oxidation sites excluding steroid dienone is 1. The van der Waals surface area contributed by atoms with E-state index in [9.17, 15) is 0 Å². The predicted molar refractivity (Wildman–Crippen MR) is 78.2 cm³/mol. The van der Waals surface area contributed by atoms with Crippen LogP contribution in [0, 0.1) is 0 Å². The first kappa shape index (κ1) is 11.3. The molecule has 0 spiro atoms. The topological polar surface area (TPSA) is 0 Å². The van der Waals surface area contributed by atoms with Crippen LogP contribution in [-0.4, -0.2) is 8.80 Å². The lowest BCUT2D eigenvalue weighted by Crippen LogP contribution is -2.30. The second kappa shape index (κ2) is 4.45. The van der Waals surface area contributed by atoms with Gasteiger partial charge in [-0.1, -0.05) is 62.2 Å².